The van der Waals surface area contributed by atoms with Crippen molar-refractivity contribution >= 4 is 19.5 Å². The van der Waals surface area contributed by atoms with Crippen LogP contribution in [-0.4, -0.2) is 65.9 Å². The Kier molecular flexibility index (Phi) is 9.71. The number of carbonyl (C=O) groups excluding carboxylic acids is 1. The molecule has 0 amide bonds. The van der Waals surface area contributed by atoms with Crippen LogP contribution in [0.5, 0.6) is 0 Å². The van der Waals surface area contributed by atoms with Gasteiger partial charge in [0.1, 0.15) is 5.56 Å². The van der Waals surface area contributed by atoms with Gasteiger partial charge in [-0.2, -0.15) is 0 Å². The molecule has 0 fully saturated rings. The SMILES string of the molecule is CCOC[C@@H](CO)n1cc(C(=O)OCC)c(=O)c2c1CC(CC)C([B]OC(C)(C)C(C)(C)O)=C2. The lowest BCUT2D eigenvalue weighted by Crippen LogP contribution is -2.48. The number of carbonyl (C=O) groups is 1. The maximum Gasteiger partial charge on any atom is 0.343 e. The Labute approximate surface area is 203 Å². The number of aromatic nitrogens is 1. The first-order valence-corrected chi connectivity index (χ1v) is 12.0. The lowest BCUT2D eigenvalue weighted by molar-refractivity contribution is -0.0898. The van der Waals surface area contributed by atoms with Crippen molar-refractivity contribution in [2.75, 3.05) is 26.4 Å². The summed E-state index contributed by atoms with van der Waals surface area (Å²) < 4.78 is 18.4. The lowest BCUT2D eigenvalue weighted by atomic mass is 9.69. The second-order valence-electron chi connectivity index (χ2n) is 9.61. The summed E-state index contributed by atoms with van der Waals surface area (Å²) in [4.78, 5) is 25.9. The van der Waals surface area contributed by atoms with Crippen LogP contribution in [0.1, 0.15) is 82.5 Å². The number of allylic oxidation sites excluding steroid dienone is 1. The van der Waals surface area contributed by atoms with Crippen molar-refractivity contribution in [3.8, 4) is 0 Å². The van der Waals surface area contributed by atoms with Crippen LogP contribution in [0, 0.1) is 5.92 Å². The van der Waals surface area contributed by atoms with E-state index in [2.05, 4.69) is 6.92 Å². The Bertz CT molecular complexity index is 946. The van der Waals surface area contributed by atoms with Gasteiger partial charge in [0, 0.05) is 24.1 Å². The van der Waals surface area contributed by atoms with E-state index in [1.807, 2.05) is 6.92 Å². The molecular formula is C25H39BNO7. The van der Waals surface area contributed by atoms with Gasteiger partial charge < -0.3 is 28.9 Å². The predicted octanol–water partition coefficient (Wildman–Crippen LogP) is 2.70. The summed E-state index contributed by atoms with van der Waals surface area (Å²) in [6, 6.07) is -0.454. The van der Waals surface area contributed by atoms with Crippen molar-refractivity contribution in [1.82, 2.24) is 4.57 Å². The highest BCUT2D eigenvalue weighted by Gasteiger charge is 2.37. The van der Waals surface area contributed by atoms with Crippen LogP contribution in [0.3, 0.4) is 0 Å². The summed E-state index contributed by atoms with van der Waals surface area (Å²) in [5, 5.41) is 20.5. The Balaban J connectivity index is 2.63. The van der Waals surface area contributed by atoms with Gasteiger partial charge in [0.15, 0.2) is 0 Å². The lowest BCUT2D eigenvalue weighted by Gasteiger charge is -2.38. The predicted molar refractivity (Wildman–Crippen MR) is 132 cm³/mol. The largest absolute Gasteiger partial charge is 0.462 e. The highest BCUT2D eigenvalue weighted by atomic mass is 16.5. The highest BCUT2D eigenvalue weighted by molar-refractivity contribution is 6.40. The number of nitrogens with zero attached hydrogens (tertiary/aromatic N) is 1. The number of ether oxygens (including phenoxy) is 2. The first-order chi connectivity index (χ1) is 15.9. The van der Waals surface area contributed by atoms with Crippen LogP contribution < -0.4 is 5.43 Å². The molecule has 1 unspecified atom stereocenters. The van der Waals surface area contributed by atoms with E-state index >= 15 is 0 Å². The van der Waals surface area contributed by atoms with Crippen LogP contribution >= 0.6 is 0 Å². The highest BCUT2D eigenvalue weighted by Crippen LogP contribution is 2.33. The van der Waals surface area contributed by atoms with Crippen LogP contribution in [0.25, 0.3) is 6.08 Å². The molecule has 0 saturated heterocycles. The molecule has 0 saturated carbocycles. The average Bonchev–Trinajstić information content (AvgIpc) is 2.78. The molecule has 1 aliphatic rings. The zero-order chi connectivity index (χ0) is 25.7. The summed E-state index contributed by atoms with van der Waals surface area (Å²) in [5.41, 5.74) is -0.529. The molecule has 1 aliphatic carbocycles. The van der Waals surface area contributed by atoms with Gasteiger partial charge in [-0.25, -0.2) is 4.79 Å². The maximum absolute atomic E-state index is 13.4. The van der Waals surface area contributed by atoms with E-state index in [1.54, 1.807) is 52.7 Å². The molecule has 0 bridgehead atoms. The van der Waals surface area contributed by atoms with Crippen LogP contribution in [0.15, 0.2) is 16.5 Å². The Morgan fingerprint density at radius 1 is 1.24 bits per heavy atom. The average molecular weight is 476 g/mol. The van der Waals surface area contributed by atoms with E-state index in [0.717, 1.165) is 17.6 Å². The number of aliphatic hydroxyl groups excluding tert-OH is 1. The third kappa shape index (κ3) is 6.19. The van der Waals surface area contributed by atoms with Gasteiger partial charge in [0.2, 0.25) is 5.43 Å². The number of rotatable bonds is 12. The molecule has 2 atom stereocenters. The van der Waals surface area contributed by atoms with Gasteiger partial charge in [0.25, 0.3) is 0 Å². The second kappa shape index (κ2) is 11.7. The first kappa shape index (κ1) is 28.3. The molecule has 189 valence electrons. The fourth-order valence-electron chi connectivity index (χ4n) is 3.72. The van der Waals surface area contributed by atoms with Gasteiger partial charge in [-0.3, -0.25) is 4.79 Å². The Morgan fingerprint density at radius 3 is 2.44 bits per heavy atom. The molecular weight excluding hydrogens is 437 g/mol. The van der Waals surface area contributed by atoms with Crippen molar-refractivity contribution in [3.63, 3.8) is 0 Å². The number of hydrogen-bond donors (Lipinski definition) is 2. The Morgan fingerprint density at radius 2 is 1.91 bits per heavy atom. The molecule has 34 heavy (non-hydrogen) atoms. The van der Waals surface area contributed by atoms with Crippen molar-refractivity contribution in [1.29, 1.82) is 0 Å². The minimum atomic E-state index is -1.09. The van der Waals surface area contributed by atoms with Gasteiger partial charge in [-0.15, -0.1) is 0 Å². The molecule has 9 heteroatoms. The molecule has 2 rings (SSSR count). The summed E-state index contributed by atoms with van der Waals surface area (Å²) in [6.07, 6.45) is 4.56. The molecule has 8 nitrogen and oxygen atoms in total. The Hall–Kier alpha value is -1.94. The van der Waals surface area contributed by atoms with Gasteiger partial charge in [0.05, 0.1) is 37.1 Å². The molecule has 0 aliphatic heterocycles. The number of esters is 1. The topological polar surface area (TPSA) is 107 Å². The second-order valence-corrected chi connectivity index (χ2v) is 9.61. The number of hydrogen-bond acceptors (Lipinski definition) is 7. The fourth-order valence-corrected chi connectivity index (χ4v) is 3.72. The molecule has 0 spiro atoms. The molecule has 0 aromatic carbocycles. The first-order valence-electron chi connectivity index (χ1n) is 12.0. The van der Waals surface area contributed by atoms with Crippen molar-refractivity contribution in [3.05, 3.63) is 38.7 Å². The van der Waals surface area contributed by atoms with Gasteiger partial charge in [-0.05, 0) is 60.3 Å². The quantitative estimate of drug-likeness (QED) is 0.353. The molecule has 1 radical (unpaired) electrons. The van der Waals surface area contributed by atoms with Crippen molar-refractivity contribution in [2.24, 2.45) is 5.92 Å². The van der Waals surface area contributed by atoms with Gasteiger partial charge in [-0.1, -0.05) is 18.5 Å². The third-order valence-corrected chi connectivity index (χ3v) is 6.67. The molecule has 1 heterocycles. The standard InChI is InChI=1S/C25H39BNO7/c1-8-16-11-21-18(12-20(16)26-34-25(6,7)24(4,5)31)22(29)19(23(30)33-10-3)13-27(21)17(14-28)15-32-9-2/h12-13,16-17,28,31H,8-11,14-15H2,1-7H3/t16?,17-/m1/s1. The van der Waals surface area contributed by atoms with E-state index in [1.165, 1.54) is 6.20 Å². The maximum atomic E-state index is 13.4. The van der Waals surface area contributed by atoms with E-state index in [0.29, 0.717) is 18.6 Å². The molecule has 1 aromatic heterocycles. The number of aliphatic hydroxyl groups is 2. The van der Waals surface area contributed by atoms with E-state index < -0.39 is 28.6 Å². The normalized spacial score (nSPS) is 17.1. The minimum Gasteiger partial charge on any atom is -0.462 e. The molecule has 2 N–H and O–H groups in total. The van der Waals surface area contributed by atoms with Crippen LogP contribution in [0.2, 0.25) is 0 Å². The zero-order valence-corrected chi connectivity index (χ0v) is 21.5. The van der Waals surface area contributed by atoms with Crippen LogP contribution in [0.4, 0.5) is 0 Å². The number of pyridine rings is 1. The van der Waals surface area contributed by atoms with Crippen LogP contribution in [-0.2, 0) is 20.5 Å². The van der Waals surface area contributed by atoms with E-state index in [-0.39, 0.29) is 31.3 Å². The monoisotopic (exact) mass is 476 g/mol. The summed E-state index contributed by atoms with van der Waals surface area (Å²) >= 11 is 0. The smallest absolute Gasteiger partial charge is 0.343 e. The zero-order valence-electron chi connectivity index (χ0n) is 21.5. The van der Waals surface area contributed by atoms with E-state index in [4.69, 9.17) is 14.1 Å². The van der Waals surface area contributed by atoms with Crippen molar-refractivity contribution in [2.45, 2.75) is 78.6 Å². The van der Waals surface area contributed by atoms with Crippen molar-refractivity contribution < 1.29 is 29.1 Å². The summed E-state index contributed by atoms with van der Waals surface area (Å²) in [7, 11) is 1.61. The summed E-state index contributed by atoms with van der Waals surface area (Å²) in [5.74, 6) is -0.649. The summed E-state index contributed by atoms with van der Waals surface area (Å²) in [6.45, 7) is 13.2. The van der Waals surface area contributed by atoms with E-state index in [9.17, 15) is 19.8 Å². The third-order valence-electron chi connectivity index (χ3n) is 6.67. The van der Waals surface area contributed by atoms with Gasteiger partial charge >= 0.3 is 13.5 Å². The molecule has 1 aromatic rings. The fraction of sp³-hybridized carbons (Fsp3) is 0.680. The minimum absolute atomic E-state index is 0.0515. The number of fused-ring (bicyclic) bond motifs is 1.